The molecule has 0 amide bonds. The Hall–Kier alpha value is -1.06. The lowest BCUT2D eigenvalue weighted by molar-refractivity contribution is 0.187. The maximum Gasteiger partial charge on any atom is 0.0370 e. The quantitative estimate of drug-likeness (QED) is 0.903. The molecule has 1 saturated carbocycles. The highest BCUT2D eigenvalue weighted by atomic mass is 15.3. The first-order valence-electron chi connectivity index (χ1n) is 7.65. The van der Waals surface area contributed by atoms with Crippen molar-refractivity contribution in [2.45, 2.75) is 38.3 Å². The maximum absolute atomic E-state index is 5.73. The van der Waals surface area contributed by atoms with Crippen molar-refractivity contribution in [3.8, 4) is 0 Å². The van der Waals surface area contributed by atoms with Crippen LogP contribution in [0.2, 0.25) is 0 Å². The molecule has 0 aromatic heterocycles. The molecule has 3 heteroatoms. The van der Waals surface area contributed by atoms with Gasteiger partial charge in [-0.2, -0.15) is 0 Å². The van der Waals surface area contributed by atoms with Gasteiger partial charge in [-0.05, 0) is 30.5 Å². The van der Waals surface area contributed by atoms with E-state index in [1.807, 2.05) is 0 Å². The van der Waals surface area contributed by atoms with Gasteiger partial charge in [-0.25, -0.2) is 0 Å². The van der Waals surface area contributed by atoms with E-state index in [-0.39, 0.29) is 0 Å². The van der Waals surface area contributed by atoms with E-state index in [1.54, 1.807) is 0 Å². The summed E-state index contributed by atoms with van der Waals surface area (Å²) in [4.78, 5) is 5.21. The zero-order valence-electron chi connectivity index (χ0n) is 11.7. The summed E-state index contributed by atoms with van der Waals surface area (Å²) in [6, 6.07) is 9.56. The van der Waals surface area contributed by atoms with E-state index in [0.29, 0.717) is 6.54 Å². The van der Waals surface area contributed by atoms with Crippen molar-refractivity contribution in [2.75, 3.05) is 31.1 Å². The number of hydrogen-bond donors (Lipinski definition) is 1. The van der Waals surface area contributed by atoms with Crippen LogP contribution in [-0.4, -0.2) is 37.1 Å². The van der Waals surface area contributed by atoms with E-state index >= 15 is 0 Å². The number of anilines is 1. The number of nitrogens with zero attached hydrogens (tertiary/aromatic N) is 2. The van der Waals surface area contributed by atoms with Crippen molar-refractivity contribution in [1.82, 2.24) is 4.90 Å². The Morgan fingerprint density at radius 2 is 1.79 bits per heavy atom. The van der Waals surface area contributed by atoms with E-state index in [4.69, 9.17) is 5.73 Å². The Bertz CT molecular complexity index is 404. The standard InChI is InChI=1S/C16H25N3/c17-13-14-4-3-7-16(12-14)19-10-8-18(9-11-19)15-5-1-2-6-15/h3-4,7,12,15H,1-2,5-6,8-11,13,17H2. The molecule has 1 aliphatic carbocycles. The van der Waals surface area contributed by atoms with Crippen LogP contribution in [0.1, 0.15) is 31.2 Å². The molecule has 0 bridgehead atoms. The normalized spacial score (nSPS) is 22.1. The van der Waals surface area contributed by atoms with Crippen molar-refractivity contribution in [2.24, 2.45) is 5.73 Å². The molecule has 2 fully saturated rings. The molecule has 0 radical (unpaired) electrons. The third-order valence-corrected chi connectivity index (χ3v) is 4.67. The van der Waals surface area contributed by atoms with Crippen LogP contribution >= 0.6 is 0 Å². The van der Waals surface area contributed by atoms with Crippen LogP contribution in [0, 0.1) is 0 Å². The van der Waals surface area contributed by atoms with E-state index in [0.717, 1.165) is 19.1 Å². The zero-order valence-corrected chi connectivity index (χ0v) is 11.7. The molecule has 0 unspecified atom stereocenters. The van der Waals surface area contributed by atoms with Crippen LogP contribution in [0.25, 0.3) is 0 Å². The summed E-state index contributed by atoms with van der Waals surface area (Å²) in [6.45, 7) is 5.39. The average molecular weight is 259 g/mol. The zero-order chi connectivity index (χ0) is 13.1. The molecule has 0 atom stereocenters. The van der Waals surface area contributed by atoms with Crippen molar-refractivity contribution >= 4 is 5.69 Å². The van der Waals surface area contributed by atoms with Crippen molar-refractivity contribution < 1.29 is 0 Å². The lowest BCUT2D eigenvalue weighted by Gasteiger charge is -2.39. The maximum atomic E-state index is 5.73. The fourth-order valence-corrected chi connectivity index (χ4v) is 3.49. The lowest BCUT2D eigenvalue weighted by atomic mass is 10.1. The average Bonchev–Trinajstić information content (AvgIpc) is 3.02. The lowest BCUT2D eigenvalue weighted by Crippen LogP contribution is -2.49. The number of hydrogen-bond acceptors (Lipinski definition) is 3. The third-order valence-electron chi connectivity index (χ3n) is 4.67. The molecule has 1 aromatic rings. The number of benzene rings is 1. The molecule has 0 spiro atoms. The molecular formula is C16H25N3. The van der Waals surface area contributed by atoms with Crippen molar-refractivity contribution in [3.63, 3.8) is 0 Å². The SMILES string of the molecule is NCc1cccc(N2CCN(C3CCCC3)CC2)c1. The second-order valence-corrected chi connectivity index (χ2v) is 5.84. The summed E-state index contributed by atoms with van der Waals surface area (Å²) in [5.41, 5.74) is 8.30. The molecule has 19 heavy (non-hydrogen) atoms. The van der Waals surface area contributed by atoms with E-state index in [9.17, 15) is 0 Å². The van der Waals surface area contributed by atoms with Crippen molar-refractivity contribution in [3.05, 3.63) is 29.8 Å². The van der Waals surface area contributed by atoms with Gasteiger partial charge in [0, 0.05) is 44.5 Å². The second-order valence-electron chi connectivity index (χ2n) is 5.84. The van der Waals surface area contributed by atoms with Crippen LogP contribution in [0.15, 0.2) is 24.3 Å². The Kier molecular flexibility index (Phi) is 4.04. The van der Waals surface area contributed by atoms with Gasteiger partial charge >= 0.3 is 0 Å². The van der Waals surface area contributed by atoms with Gasteiger partial charge < -0.3 is 10.6 Å². The number of rotatable bonds is 3. The highest BCUT2D eigenvalue weighted by Gasteiger charge is 2.26. The number of piperazine rings is 1. The van der Waals surface area contributed by atoms with Gasteiger partial charge in [0.2, 0.25) is 0 Å². The topological polar surface area (TPSA) is 32.5 Å². The molecule has 3 nitrogen and oxygen atoms in total. The molecule has 1 aromatic carbocycles. The van der Waals surface area contributed by atoms with Gasteiger partial charge in [0.05, 0.1) is 0 Å². The summed E-state index contributed by atoms with van der Waals surface area (Å²) in [5.74, 6) is 0. The second kappa shape index (κ2) is 5.93. The Morgan fingerprint density at radius 1 is 1.05 bits per heavy atom. The predicted octanol–water partition coefficient (Wildman–Crippen LogP) is 2.21. The Morgan fingerprint density at radius 3 is 2.47 bits per heavy atom. The fraction of sp³-hybridized carbons (Fsp3) is 0.625. The van der Waals surface area contributed by atoms with E-state index in [1.165, 1.54) is 50.0 Å². The first-order chi connectivity index (χ1) is 9.36. The minimum atomic E-state index is 0.635. The summed E-state index contributed by atoms with van der Waals surface area (Å²) >= 11 is 0. The molecule has 1 saturated heterocycles. The predicted molar refractivity (Wildman–Crippen MR) is 80.4 cm³/mol. The van der Waals surface area contributed by atoms with Gasteiger partial charge in [-0.1, -0.05) is 25.0 Å². The van der Waals surface area contributed by atoms with Crippen LogP contribution in [-0.2, 0) is 6.54 Å². The van der Waals surface area contributed by atoms with Gasteiger partial charge in [0.25, 0.3) is 0 Å². The van der Waals surface area contributed by atoms with Crippen molar-refractivity contribution in [1.29, 1.82) is 0 Å². The number of nitrogens with two attached hydrogens (primary N) is 1. The van der Waals surface area contributed by atoms with Gasteiger partial charge in [0.15, 0.2) is 0 Å². The monoisotopic (exact) mass is 259 g/mol. The third kappa shape index (κ3) is 2.93. The van der Waals surface area contributed by atoms with Crippen LogP contribution in [0.3, 0.4) is 0 Å². The largest absolute Gasteiger partial charge is 0.369 e. The first kappa shape index (κ1) is 12.9. The highest BCUT2D eigenvalue weighted by Crippen LogP contribution is 2.25. The van der Waals surface area contributed by atoms with E-state index in [2.05, 4.69) is 34.1 Å². The highest BCUT2D eigenvalue weighted by molar-refractivity contribution is 5.49. The Balaban J connectivity index is 1.59. The summed E-state index contributed by atoms with van der Waals surface area (Å²) in [7, 11) is 0. The molecule has 1 aliphatic heterocycles. The van der Waals surface area contributed by atoms with Crippen LogP contribution in [0.4, 0.5) is 5.69 Å². The van der Waals surface area contributed by atoms with Crippen LogP contribution in [0.5, 0.6) is 0 Å². The smallest absolute Gasteiger partial charge is 0.0370 e. The fourth-order valence-electron chi connectivity index (χ4n) is 3.49. The molecule has 2 aliphatic rings. The van der Waals surface area contributed by atoms with Crippen LogP contribution < -0.4 is 10.6 Å². The summed E-state index contributed by atoms with van der Waals surface area (Å²) in [5, 5.41) is 0. The molecule has 104 valence electrons. The molecular weight excluding hydrogens is 234 g/mol. The van der Waals surface area contributed by atoms with Gasteiger partial charge in [-0.15, -0.1) is 0 Å². The van der Waals surface area contributed by atoms with Gasteiger partial charge in [0.1, 0.15) is 0 Å². The summed E-state index contributed by atoms with van der Waals surface area (Å²) in [6.07, 6.45) is 5.71. The molecule has 3 rings (SSSR count). The van der Waals surface area contributed by atoms with E-state index < -0.39 is 0 Å². The molecule has 2 N–H and O–H groups in total. The first-order valence-corrected chi connectivity index (χ1v) is 7.65. The van der Waals surface area contributed by atoms with Gasteiger partial charge in [-0.3, -0.25) is 4.90 Å². The minimum absolute atomic E-state index is 0.635. The Labute approximate surface area is 116 Å². The molecule has 1 heterocycles. The minimum Gasteiger partial charge on any atom is -0.369 e. The summed E-state index contributed by atoms with van der Waals surface area (Å²) < 4.78 is 0.